The van der Waals surface area contributed by atoms with Crippen molar-refractivity contribution >= 4 is 0 Å². The molecule has 2 atom stereocenters. The van der Waals surface area contributed by atoms with Crippen LogP contribution in [0.15, 0.2) is 73.2 Å². The first-order chi connectivity index (χ1) is 12.4. The van der Waals surface area contributed by atoms with E-state index in [0.717, 1.165) is 36.5 Å². The zero-order valence-corrected chi connectivity index (χ0v) is 14.2. The zero-order valence-electron chi connectivity index (χ0n) is 14.2. The molecule has 1 aliphatic rings. The standard InChI is InChI=1S/C21H22N4/c1-4-13-22-17(8-1)16-25-20(18-9-2-5-14-23-18)11-7-12-21(25)19-10-3-6-15-24-19/h1-6,8-10,13-15,20-21H,7,11-12,16H2/t20-,21-/m0/s1. The fraction of sp³-hybridized carbons (Fsp3) is 0.286. The molecule has 1 saturated heterocycles. The molecule has 25 heavy (non-hydrogen) atoms. The molecule has 0 aromatic carbocycles. The lowest BCUT2D eigenvalue weighted by atomic mass is 9.91. The van der Waals surface area contributed by atoms with Crippen LogP contribution in [-0.4, -0.2) is 19.9 Å². The van der Waals surface area contributed by atoms with Gasteiger partial charge in [-0.2, -0.15) is 0 Å². The quantitative estimate of drug-likeness (QED) is 0.713. The van der Waals surface area contributed by atoms with Crippen molar-refractivity contribution in [3.63, 3.8) is 0 Å². The third-order valence-corrected chi connectivity index (χ3v) is 4.88. The predicted octanol–water partition coefficient (Wildman–Crippen LogP) is 4.34. The van der Waals surface area contributed by atoms with Gasteiger partial charge in [0.2, 0.25) is 0 Å². The summed E-state index contributed by atoms with van der Waals surface area (Å²) in [6.07, 6.45) is 9.06. The molecule has 4 rings (SSSR count). The molecule has 0 radical (unpaired) electrons. The highest BCUT2D eigenvalue weighted by Crippen LogP contribution is 2.41. The van der Waals surface area contributed by atoms with Gasteiger partial charge in [0.15, 0.2) is 0 Å². The van der Waals surface area contributed by atoms with Crippen LogP contribution in [0.1, 0.15) is 48.4 Å². The second kappa shape index (κ2) is 7.53. The van der Waals surface area contributed by atoms with Crippen LogP contribution in [0.4, 0.5) is 0 Å². The van der Waals surface area contributed by atoms with Gasteiger partial charge < -0.3 is 0 Å². The van der Waals surface area contributed by atoms with Crippen LogP contribution in [0.5, 0.6) is 0 Å². The summed E-state index contributed by atoms with van der Waals surface area (Å²) in [7, 11) is 0. The molecular weight excluding hydrogens is 308 g/mol. The summed E-state index contributed by atoms with van der Waals surface area (Å²) in [6.45, 7) is 0.809. The Kier molecular flexibility index (Phi) is 4.79. The first kappa shape index (κ1) is 15.9. The minimum atomic E-state index is 0.295. The third-order valence-electron chi connectivity index (χ3n) is 4.88. The lowest BCUT2D eigenvalue weighted by molar-refractivity contribution is 0.0673. The maximum Gasteiger partial charge on any atom is 0.0575 e. The van der Waals surface area contributed by atoms with E-state index < -0.39 is 0 Å². The molecule has 0 amide bonds. The Bertz CT molecular complexity index is 729. The third kappa shape index (κ3) is 3.59. The van der Waals surface area contributed by atoms with E-state index in [0.29, 0.717) is 12.1 Å². The lowest BCUT2D eigenvalue weighted by Gasteiger charge is -2.41. The summed E-state index contributed by atoms with van der Waals surface area (Å²) in [4.78, 5) is 16.4. The van der Waals surface area contributed by atoms with E-state index in [4.69, 9.17) is 0 Å². The largest absolute Gasteiger partial charge is 0.280 e. The fourth-order valence-electron chi connectivity index (χ4n) is 3.73. The second-order valence-corrected chi connectivity index (χ2v) is 6.47. The van der Waals surface area contributed by atoms with Crippen LogP contribution in [-0.2, 0) is 6.54 Å². The van der Waals surface area contributed by atoms with Crippen molar-refractivity contribution in [2.45, 2.75) is 37.9 Å². The molecular formula is C21H22N4. The Morgan fingerprint density at radius 3 is 1.76 bits per heavy atom. The summed E-state index contributed by atoms with van der Waals surface area (Å²) in [5, 5.41) is 0. The van der Waals surface area contributed by atoms with Gasteiger partial charge in [-0.1, -0.05) is 18.2 Å². The highest BCUT2D eigenvalue weighted by molar-refractivity contribution is 5.16. The Labute approximate surface area is 148 Å². The highest BCUT2D eigenvalue weighted by atomic mass is 15.2. The monoisotopic (exact) mass is 330 g/mol. The molecule has 0 aliphatic carbocycles. The molecule has 0 unspecified atom stereocenters. The van der Waals surface area contributed by atoms with Gasteiger partial charge in [0.05, 0.1) is 29.2 Å². The number of likely N-dealkylation sites (tertiary alicyclic amines) is 1. The van der Waals surface area contributed by atoms with Crippen LogP contribution in [0.2, 0.25) is 0 Å². The van der Waals surface area contributed by atoms with Gasteiger partial charge in [0.25, 0.3) is 0 Å². The van der Waals surface area contributed by atoms with Gasteiger partial charge in [0.1, 0.15) is 0 Å². The van der Waals surface area contributed by atoms with E-state index in [9.17, 15) is 0 Å². The van der Waals surface area contributed by atoms with E-state index >= 15 is 0 Å². The summed E-state index contributed by atoms with van der Waals surface area (Å²) >= 11 is 0. The van der Waals surface area contributed by atoms with Crippen molar-refractivity contribution in [1.82, 2.24) is 19.9 Å². The maximum absolute atomic E-state index is 4.64. The molecule has 1 fully saturated rings. The Balaban J connectivity index is 1.70. The average Bonchev–Trinajstić information content (AvgIpc) is 2.70. The summed E-state index contributed by atoms with van der Waals surface area (Å²) < 4.78 is 0. The Morgan fingerprint density at radius 2 is 1.28 bits per heavy atom. The predicted molar refractivity (Wildman–Crippen MR) is 97.6 cm³/mol. The van der Waals surface area contributed by atoms with Gasteiger partial charge in [-0.15, -0.1) is 0 Å². The molecule has 4 heteroatoms. The summed E-state index contributed by atoms with van der Waals surface area (Å²) in [6, 6.07) is 19.1. The number of piperidine rings is 1. The minimum absolute atomic E-state index is 0.295. The van der Waals surface area contributed by atoms with E-state index in [-0.39, 0.29) is 0 Å². The minimum Gasteiger partial charge on any atom is -0.280 e. The van der Waals surface area contributed by atoms with Gasteiger partial charge in [0, 0.05) is 25.1 Å². The smallest absolute Gasteiger partial charge is 0.0575 e. The maximum atomic E-state index is 4.64. The fourth-order valence-corrected chi connectivity index (χ4v) is 3.73. The van der Waals surface area contributed by atoms with Crippen LogP contribution in [0, 0.1) is 0 Å². The number of rotatable bonds is 4. The van der Waals surface area contributed by atoms with Gasteiger partial charge in [-0.3, -0.25) is 19.9 Å². The Hall–Kier alpha value is -2.59. The van der Waals surface area contributed by atoms with E-state index in [1.165, 1.54) is 6.42 Å². The lowest BCUT2D eigenvalue weighted by Crippen LogP contribution is -2.37. The molecule has 0 N–H and O–H groups in total. The van der Waals surface area contributed by atoms with Gasteiger partial charge in [-0.05, 0) is 55.7 Å². The van der Waals surface area contributed by atoms with Crippen molar-refractivity contribution in [1.29, 1.82) is 0 Å². The number of nitrogens with zero attached hydrogens (tertiary/aromatic N) is 4. The number of pyridine rings is 3. The first-order valence-electron chi connectivity index (χ1n) is 8.89. The van der Waals surface area contributed by atoms with Crippen LogP contribution < -0.4 is 0 Å². The highest BCUT2D eigenvalue weighted by Gasteiger charge is 2.34. The van der Waals surface area contributed by atoms with E-state index in [1.807, 2.05) is 36.8 Å². The molecule has 0 saturated carbocycles. The topological polar surface area (TPSA) is 41.9 Å². The van der Waals surface area contributed by atoms with Crippen LogP contribution in [0.3, 0.4) is 0 Å². The van der Waals surface area contributed by atoms with E-state index in [2.05, 4.69) is 56.3 Å². The van der Waals surface area contributed by atoms with Gasteiger partial charge >= 0.3 is 0 Å². The average molecular weight is 330 g/mol. The number of hydrogen-bond acceptors (Lipinski definition) is 4. The number of aromatic nitrogens is 3. The van der Waals surface area contributed by atoms with Crippen molar-refractivity contribution in [3.8, 4) is 0 Å². The summed E-state index contributed by atoms with van der Waals surface area (Å²) in [5.41, 5.74) is 3.37. The molecule has 3 aromatic rings. The molecule has 1 aliphatic heterocycles. The normalized spacial score (nSPS) is 21.1. The molecule has 4 heterocycles. The molecule has 126 valence electrons. The van der Waals surface area contributed by atoms with Crippen molar-refractivity contribution in [3.05, 3.63) is 90.3 Å². The van der Waals surface area contributed by atoms with Crippen molar-refractivity contribution in [2.75, 3.05) is 0 Å². The second-order valence-electron chi connectivity index (χ2n) is 6.47. The van der Waals surface area contributed by atoms with Crippen LogP contribution in [0.25, 0.3) is 0 Å². The molecule has 0 bridgehead atoms. The van der Waals surface area contributed by atoms with E-state index in [1.54, 1.807) is 0 Å². The molecule has 4 nitrogen and oxygen atoms in total. The van der Waals surface area contributed by atoms with Crippen molar-refractivity contribution < 1.29 is 0 Å². The SMILES string of the molecule is c1ccc(CN2[C@H](c3ccccn3)CCC[C@H]2c2ccccn2)nc1. The summed E-state index contributed by atoms with van der Waals surface area (Å²) in [5.74, 6) is 0. The number of hydrogen-bond donors (Lipinski definition) is 0. The van der Waals surface area contributed by atoms with Crippen molar-refractivity contribution in [2.24, 2.45) is 0 Å². The zero-order chi connectivity index (χ0) is 16.9. The van der Waals surface area contributed by atoms with Gasteiger partial charge in [-0.25, -0.2) is 0 Å². The molecule has 0 spiro atoms. The van der Waals surface area contributed by atoms with Crippen LogP contribution >= 0.6 is 0 Å². The first-order valence-corrected chi connectivity index (χ1v) is 8.89. The molecule has 3 aromatic heterocycles. The Morgan fingerprint density at radius 1 is 0.720 bits per heavy atom.